The van der Waals surface area contributed by atoms with E-state index in [0.717, 1.165) is 18.7 Å². The lowest BCUT2D eigenvalue weighted by Crippen LogP contribution is -2.00. The van der Waals surface area contributed by atoms with E-state index in [1.54, 1.807) is 18.2 Å². The molecule has 0 bridgehead atoms. The van der Waals surface area contributed by atoms with Crippen molar-refractivity contribution in [3.63, 3.8) is 0 Å². The van der Waals surface area contributed by atoms with Gasteiger partial charge < -0.3 is 5.32 Å². The topological polar surface area (TPSA) is 35.8 Å². The minimum Gasteiger partial charge on any atom is -0.383 e. The van der Waals surface area contributed by atoms with Gasteiger partial charge in [0.25, 0.3) is 0 Å². The van der Waals surface area contributed by atoms with Crippen LogP contribution < -0.4 is 5.32 Å². The zero-order chi connectivity index (χ0) is 11.1. The molecule has 0 unspecified atom stereocenters. The summed E-state index contributed by atoms with van der Waals surface area (Å²) in [5.41, 5.74) is 1.41. The lowest BCUT2D eigenvalue weighted by atomic mass is 10.2. The van der Waals surface area contributed by atoms with Crippen LogP contribution in [0.4, 0.5) is 5.69 Å². The second-order valence-corrected chi connectivity index (χ2v) is 3.32. The molecular weight excluding hydrogens is 208 g/mol. The van der Waals surface area contributed by atoms with Gasteiger partial charge in [-0.05, 0) is 25.1 Å². The van der Waals surface area contributed by atoms with E-state index < -0.39 is 0 Å². The van der Waals surface area contributed by atoms with Gasteiger partial charge in [0.1, 0.15) is 0 Å². The molecule has 1 aromatic rings. The third kappa shape index (κ3) is 3.54. The van der Waals surface area contributed by atoms with Crippen LogP contribution in [0.1, 0.15) is 18.9 Å². The molecule has 0 saturated heterocycles. The van der Waals surface area contributed by atoms with Gasteiger partial charge in [0, 0.05) is 13.0 Å². The van der Waals surface area contributed by atoms with Crippen molar-refractivity contribution in [2.45, 2.75) is 13.3 Å². The monoisotopic (exact) mass is 218 g/mol. The van der Waals surface area contributed by atoms with E-state index in [-0.39, 0.29) is 0 Å². The number of rotatable bonds is 3. The molecule has 3 heteroatoms. The Morgan fingerprint density at radius 1 is 1.47 bits per heavy atom. The van der Waals surface area contributed by atoms with Gasteiger partial charge in [-0.3, -0.25) is 0 Å². The van der Waals surface area contributed by atoms with Crippen LogP contribution in [-0.4, -0.2) is 6.54 Å². The minimum atomic E-state index is 0.568. The number of anilines is 1. The van der Waals surface area contributed by atoms with Crippen molar-refractivity contribution in [2.75, 3.05) is 11.9 Å². The largest absolute Gasteiger partial charge is 0.383 e. The maximum Gasteiger partial charge on any atom is 0.0992 e. The average Bonchev–Trinajstić information content (AvgIpc) is 2.26. The molecule has 0 atom stereocenters. The van der Waals surface area contributed by atoms with Gasteiger partial charge in [0.2, 0.25) is 0 Å². The molecule has 0 spiro atoms. The fourth-order valence-electron chi connectivity index (χ4n) is 1.11. The average molecular weight is 219 g/mol. The standard InChI is InChI=1S/C12H11ClN2/c1-2-3-4-7-15-12-6-5-10(9-14)8-11(12)13/h5-6,8,15H,4,7H2,1H3. The molecule has 0 aliphatic carbocycles. The summed E-state index contributed by atoms with van der Waals surface area (Å²) >= 11 is 5.97. The van der Waals surface area contributed by atoms with Crippen molar-refractivity contribution in [3.05, 3.63) is 28.8 Å². The third-order valence-corrected chi connectivity index (χ3v) is 2.15. The van der Waals surface area contributed by atoms with Crippen LogP contribution in [0.2, 0.25) is 5.02 Å². The Morgan fingerprint density at radius 3 is 2.87 bits per heavy atom. The summed E-state index contributed by atoms with van der Waals surface area (Å²) in [6, 6.07) is 7.23. The van der Waals surface area contributed by atoms with Gasteiger partial charge >= 0.3 is 0 Å². The Hall–Kier alpha value is -1.64. The molecule has 0 fully saturated rings. The first kappa shape index (κ1) is 11.4. The van der Waals surface area contributed by atoms with E-state index in [2.05, 4.69) is 17.2 Å². The first-order chi connectivity index (χ1) is 7.27. The van der Waals surface area contributed by atoms with Gasteiger partial charge in [-0.25, -0.2) is 0 Å². The summed E-state index contributed by atoms with van der Waals surface area (Å²) in [7, 11) is 0. The maximum atomic E-state index is 8.65. The highest BCUT2D eigenvalue weighted by atomic mass is 35.5. The highest BCUT2D eigenvalue weighted by Crippen LogP contribution is 2.22. The number of benzene rings is 1. The molecule has 0 saturated carbocycles. The maximum absolute atomic E-state index is 8.65. The van der Waals surface area contributed by atoms with Gasteiger partial charge in [-0.1, -0.05) is 11.6 Å². The van der Waals surface area contributed by atoms with Crippen LogP contribution >= 0.6 is 11.6 Å². The Labute approximate surface area is 94.9 Å². The minimum absolute atomic E-state index is 0.568. The van der Waals surface area contributed by atoms with Gasteiger partial charge in [-0.15, -0.1) is 11.8 Å². The first-order valence-corrected chi connectivity index (χ1v) is 4.99. The zero-order valence-corrected chi connectivity index (χ0v) is 9.23. The van der Waals surface area contributed by atoms with Crippen LogP contribution in [0.5, 0.6) is 0 Å². The van der Waals surface area contributed by atoms with Gasteiger partial charge in [-0.2, -0.15) is 5.26 Å². The van der Waals surface area contributed by atoms with Crippen molar-refractivity contribution in [1.29, 1.82) is 5.26 Å². The zero-order valence-electron chi connectivity index (χ0n) is 8.47. The van der Waals surface area contributed by atoms with Crippen LogP contribution in [0, 0.1) is 23.2 Å². The number of hydrogen-bond acceptors (Lipinski definition) is 2. The normalized spacial score (nSPS) is 8.60. The number of nitrogens with zero attached hydrogens (tertiary/aromatic N) is 1. The van der Waals surface area contributed by atoms with Crippen molar-refractivity contribution in [3.8, 4) is 17.9 Å². The molecule has 0 aliphatic rings. The number of nitrogens with one attached hydrogen (secondary N) is 1. The number of hydrogen-bond donors (Lipinski definition) is 1. The van der Waals surface area contributed by atoms with E-state index in [9.17, 15) is 0 Å². The Bertz CT molecular complexity index is 435. The molecule has 1 rings (SSSR count). The molecule has 76 valence electrons. The summed E-state index contributed by atoms with van der Waals surface area (Å²) < 4.78 is 0. The molecule has 1 aromatic carbocycles. The summed E-state index contributed by atoms with van der Waals surface area (Å²) in [5.74, 6) is 5.77. The van der Waals surface area contributed by atoms with E-state index in [4.69, 9.17) is 16.9 Å². The fourth-order valence-corrected chi connectivity index (χ4v) is 1.36. The molecule has 0 amide bonds. The lowest BCUT2D eigenvalue weighted by molar-refractivity contribution is 1.10. The molecule has 0 heterocycles. The Balaban J connectivity index is 2.61. The molecule has 0 aromatic heterocycles. The molecule has 2 nitrogen and oxygen atoms in total. The van der Waals surface area contributed by atoms with Crippen LogP contribution in [0.3, 0.4) is 0 Å². The van der Waals surface area contributed by atoms with E-state index in [0.29, 0.717) is 10.6 Å². The van der Waals surface area contributed by atoms with Crippen molar-refractivity contribution >= 4 is 17.3 Å². The predicted molar refractivity (Wildman–Crippen MR) is 62.7 cm³/mol. The van der Waals surface area contributed by atoms with Crippen molar-refractivity contribution in [1.82, 2.24) is 0 Å². The fraction of sp³-hybridized carbons (Fsp3) is 0.250. The van der Waals surface area contributed by atoms with E-state index in [1.165, 1.54) is 0 Å². The first-order valence-electron chi connectivity index (χ1n) is 4.61. The van der Waals surface area contributed by atoms with E-state index in [1.807, 2.05) is 13.0 Å². The van der Waals surface area contributed by atoms with Crippen LogP contribution in [0.25, 0.3) is 0 Å². The Morgan fingerprint density at radius 2 is 2.27 bits per heavy atom. The summed E-state index contributed by atoms with van der Waals surface area (Å²) in [5, 5.41) is 12.4. The Kier molecular flexibility index (Phi) is 4.54. The number of halogens is 1. The molecular formula is C12H11ClN2. The molecule has 0 radical (unpaired) electrons. The summed E-state index contributed by atoms with van der Waals surface area (Å²) in [6.07, 6.45) is 0.785. The highest BCUT2D eigenvalue weighted by Gasteiger charge is 1.99. The van der Waals surface area contributed by atoms with Gasteiger partial charge in [0.05, 0.1) is 22.3 Å². The highest BCUT2D eigenvalue weighted by molar-refractivity contribution is 6.33. The second-order valence-electron chi connectivity index (χ2n) is 2.91. The molecule has 1 N–H and O–H groups in total. The summed E-state index contributed by atoms with van der Waals surface area (Å²) in [4.78, 5) is 0. The van der Waals surface area contributed by atoms with Gasteiger partial charge in [0.15, 0.2) is 0 Å². The van der Waals surface area contributed by atoms with Crippen LogP contribution in [-0.2, 0) is 0 Å². The summed E-state index contributed by atoms with van der Waals surface area (Å²) in [6.45, 7) is 2.57. The molecule has 15 heavy (non-hydrogen) atoms. The van der Waals surface area contributed by atoms with Crippen LogP contribution in [0.15, 0.2) is 18.2 Å². The van der Waals surface area contributed by atoms with Crippen molar-refractivity contribution < 1.29 is 0 Å². The SMILES string of the molecule is CC#CCCNc1ccc(C#N)cc1Cl. The smallest absolute Gasteiger partial charge is 0.0992 e. The molecule has 0 aliphatic heterocycles. The lowest BCUT2D eigenvalue weighted by Gasteiger charge is -2.06. The van der Waals surface area contributed by atoms with Crippen molar-refractivity contribution in [2.24, 2.45) is 0 Å². The third-order valence-electron chi connectivity index (χ3n) is 1.84. The predicted octanol–water partition coefficient (Wildman–Crippen LogP) is 3.04. The second kappa shape index (κ2) is 5.96. The quantitative estimate of drug-likeness (QED) is 0.625. The van der Waals surface area contributed by atoms with E-state index >= 15 is 0 Å². The number of nitriles is 1.